The molecule has 140 valence electrons. The van der Waals surface area contributed by atoms with E-state index in [0.717, 1.165) is 31.2 Å². The maximum atomic E-state index is 13.9. The number of nitrogen functional groups attached to an aromatic ring is 1. The average Bonchev–Trinajstić information content (AvgIpc) is 2.58. The lowest BCUT2D eigenvalue weighted by Gasteiger charge is -2.34. The number of halogens is 2. The summed E-state index contributed by atoms with van der Waals surface area (Å²) in [6.45, 7) is 1.73. The van der Waals surface area contributed by atoms with Crippen LogP contribution in [0.4, 0.5) is 20.7 Å². The molecule has 1 fully saturated rings. The van der Waals surface area contributed by atoms with Gasteiger partial charge in [-0.15, -0.1) is 0 Å². The lowest BCUT2D eigenvalue weighted by atomic mass is 9.78. The summed E-state index contributed by atoms with van der Waals surface area (Å²) in [6, 6.07) is 6.74. The highest BCUT2D eigenvalue weighted by Crippen LogP contribution is 2.33. The third kappa shape index (κ3) is 4.65. The van der Waals surface area contributed by atoms with Gasteiger partial charge >= 0.3 is 0 Å². The minimum Gasteiger partial charge on any atom is -0.368 e. The highest BCUT2D eigenvalue weighted by molar-refractivity contribution is 5.33. The van der Waals surface area contributed by atoms with E-state index in [1.807, 2.05) is 0 Å². The SMILES string of the molecule is CCC(F)c1nc(N)nc(N[C@@H](CCc2ccc(F)cc2)C2CCC2)n1. The zero-order valence-electron chi connectivity index (χ0n) is 15.0. The fraction of sp³-hybridized carbons (Fsp3) is 0.526. The fourth-order valence-electron chi connectivity index (χ4n) is 3.20. The van der Waals surface area contributed by atoms with Crippen molar-refractivity contribution < 1.29 is 8.78 Å². The van der Waals surface area contributed by atoms with Gasteiger partial charge < -0.3 is 11.1 Å². The van der Waals surface area contributed by atoms with E-state index in [1.54, 1.807) is 19.1 Å². The molecule has 1 aliphatic rings. The largest absolute Gasteiger partial charge is 0.368 e. The van der Waals surface area contributed by atoms with Crippen molar-refractivity contribution in [1.82, 2.24) is 15.0 Å². The summed E-state index contributed by atoms with van der Waals surface area (Å²) in [5, 5.41) is 3.34. The highest BCUT2D eigenvalue weighted by atomic mass is 19.1. The molecule has 26 heavy (non-hydrogen) atoms. The molecule has 2 atom stereocenters. The fourth-order valence-corrected chi connectivity index (χ4v) is 3.20. The Hall–Kier alpha value is -2.31. The van der Waals surface area contributed by atoms with Crippen LogP contribution in [0.1, 0.15) is 56.6 Å². The van der Waals surface area contributed by atoms with Gasteiger partial charge in [0.1, 0.15) is 5.82 Å². The first-order valence-corrected chi connectivity index (χ1v) is 9.21. The van der Waals surface area contributed by atoms with E-state index in [2.05, 4.69) is 20.3 Å². The number of hydrogen-bond acceptors (Lipinski definition) is 5. The molecule has 0 aliphatic heterocycles. The summed E-state index contributed by atoms with van der Waals surface area (Å²) < 4.78 is 27.0. The average molecular weight is 361 g/mol. The molecule has 1 saturated carbocycles. The van der Waals surface area contributed by atoms with Crippen LogP contribution >= 0.6 is 0 Å². The van der Waals surface area contributed by atoms with Crippen molar-refractivity contribution in [2.45, 2.75) is 57.7 Å². The number of alkyl halides is 1. The molecule has 1 heterocycles. The van der Waals surface area contributed by atoms with E-state index in [0.29, 0.717) is 18.3 Å². The lowest BCUT2D eigenvalue weighted by molar-refractivity contribution is 0.265. The Bertz CT molecular complexity index is 718. The van der Waals surface area contributed by atoms with E-state index < -0.39 is 6.17 Å². The smallest absolute Gasteiger partial charge is 0.228 e. The van der Waals surface area contributed by atoms with Crippen molar-refractivity contribution in [3.8, 4) is 0 Å². The third-order valence-electron chi connectivity index (χ3n) is 5.00. The van der Waals surface area contributed by atoms with Crippen molar-refractivity contribution >= 4 is 11.9 Å². The standard InChI is InChI=1S/C19H25F2N5/c1-2-15(21)17-24-18(22)26-19(25-17)23-16(13-4-3-5-13)11-8-12-6-9-14(20)10-7-12/h6-7,9-10,13,15-16H,2-5,8,11H2,1H3,(H3,22,23,24,25,26)/t15?,16-/m0/s1. The molecule has 3 N–H and O–H groups in total. The molecule has 7 heteroatoms. The monoisotopic (exact) mass is 361 g/mol. The minimum absolute atomic E-state index is 0.0273. The second-order valence-corrected chi connectivity index (χ2v) is 6.86. The summed E-state index contributed by atoms with van der Waals surface area (Å²) in [6.07, 6.45) is 4.24. The van der Waals surface area contributed by atoms with Crippen LogP contribution in [0, 0.1) is 11.7 Å². The second-order valence-electron chi connectivity index (χ2n) is 6.86. The van der Waals surface area contributed by atoms with Gasteiger partial charge in [0.2, 0.25) is 11.9 Å². The molecule has 0 radical (unpaired) electrons. The topological polar surface area (TPSA) is 76.7 Å². The van der Waals surface area contributed by atoms with E-state index in [-0.39, 0.29) is 23.6 Å². The quantitative estimate of drug-likeness (QED) is 0.736. The van der Waals surface area contributed by atoms with Gasteiger partial charge in [-0.3, -0.25) is 0 Å². The Balaban J connectivity index is 1.70. The number of benzene rings is 1. The Morgan fingerprint density at radius 2 is 1.92 bits per heavy atom. The zero-order valence-corrected chi connectivity index (χ0v) is 15.0. The summed E-state index contributed by atoms with van der Waals surface area (Å²) in [4.78, 5) is 12.2. The van der Waals surface area contributed by atoms with E-state index in [1.165, 1.54) is 18.6 Å². The predicted molar refractivity (Wildman–Crippen MR) is 97.9 cm³/mol. The molecule has 1 aromatic carbocycles. The zero-order chi connectivity index (χ0) is 18.5. The molecule has 1 unspecified atom stereocenters. The van der Waals surface area contributed by atoms with E-state index in [4.69, 9.17) is 5.73 Å². The molecule has 0 amide bonds. The highest BCUT2D eigenvalue weighted by Gasteiger charge is 2.28. The van der Waals surface area contributed by atoms with Gasteiger partial charge in [0.05, 0.1) is 0 Å². The van der Waals surface area contributed by atoms with Crippen LogP contribution in [0.5, 0.6) is 0 Å². The van der Waals surface area contributed by atoms with Crippen molar-refractivity contribution in [1.29, 1.82) is 0 Å². The third-order valence-corrected chi connectivity index (χ3v) is 5.00. The molecule has 5 nitrogen and oxygen atoms in total. The normalized spacial score (nSPS) is 16.7. The predicted octanol–water partition coefficient (Wildman–Crippen LogP) is 4.23. The molecular formula is C19H25F2N5. The summed E-state index contributed by atoms with van der Waals surface area (Å²) in [5.74, 6) is 0.740. The number of nitrogens with zero attached hydrogens (tertiary/aromatic N) is 3. The first kappa shape index (κ1) is 18.5. The number of aryl methyl sites for hydroxylation is 1. The number of aromatic nitrogens is 3. The van der Waals surface area contributed by atoms with Crippen molar-refractivity contribution in [2.75, 3.05) is 11.1 Å². The van der Waals surface area contributed by atoms with Gasteiger partial charge in [-0.05, 0) is 55.7 Å². The first-order chi connectivity index (χ1) is 12.5. The molecule has 3 rings (SSSR count). The molecule has 0 bridgehead atoms. The van der Waals surface area contributed by atoms with Gasteiger partial charge in [-0.1, -0.05) is 25.5 Å². The molecular weight excluding hydrogens is 336 g/mol. The van der Waals surface area contributed by atoms with Gasteiger partial charge in [0.25, 0.3) is 0 Å². The number of hydrogen-bond donors (Lipinski definition) is 2. The number of anilines is 2. The van der Waals surface area contributed by atoms with E-state index >= 15 is 0 Å². The molecule has 0 saturated heterocycles. The van der Waals surface area contributed by atoms with Crippen LogP contribution in [0.25, 0.3) is 0 Å². The van der Waals surface area contributed by atoms with Crippen LogP contribution in [0.2, 0.25) is 0 Å². The van der Waals surface area contributed by atoms with Crippen LogP contribution in [0.3, 0.4) is 0 Å². The Labute approximate surface area is 152 Å². The van der Waals surface area contributed by atoms with Crippen molar-refractivity contribution in [2.24, 2.45) is 5.92 Å². The Morgan fingerprint density at radius 3 is 2.54 bits per heavy atom. The summed E-state index contributed by atoms with van der Waals surface area (Å²) in [5.41, 5.74) is 6.81. The maximum Gasteiger partial charge on any atom is 0.228 e. The van der Waals surface area contributed by atoms with Crippen LogP contribution in [-0.2, 0) is 6.42 Å². The lowest BCUT2D eigenvalue weighted by Crippen LogP contribution is -2.35. The van der Waals surface area contributed by atoms with Crippen molar-refractivity contribution in [3.63, 3.8) is 0 Å². The van der Waals surface area contributed by atoms with Crippen LogP contribution in [-0.4, -0.2) is 21.0 Å². The summed E-state index contributed by atoms with van der Waals surface area (Å²) in [7, 11) is 0. The first-order valence-electron chi connectivity index (χ1n) is 9.21. The molecule has 2 aromatic rings. The van der Waals surface area contributed by atoms with Crippen molar-refractivity contribution in [3.05, 3.63) is 41.5 Å². The van der Waals surface area contributed by atoms with Gasteiger partial charge in [-0.2, -0.15) is 15.0 Å². The van der Waals surface area contributed by atoms with Crippen LogP contribution < -0.4 is 11.1 Å². The second kappa shape index (κ2) is 8.38. The summed E-state index contributed by atoms with van der Waals surface area (Å²) >= 11 is 0. The van der Waals surface area contributed by atoms with Gasteiger partial charge in [0, 0.05) is 6.04 Å². The Kier molecular flexibility index (Phi) is 5.96. The number of rotatable bonds is 8. The Morgan fingerprint density at radius 1 is 1.19 bits per heavy atom. The van der Waals surface area contributed by atoms with Gasteiger partial charge in [0.15, 0.2) is 12.0 Å². The minimum atomic E-state index is -1.25. The maximum absolute atomic E-state index is 13.9. The number of nitrogens with two attached hydrogens (primary N) is 1. The van der Waals surface area contributed by atoms with Gasteiger partial charge in [-0.25, -0.2) is 8.78 Å². The number of nitrogens with one attached hydrogen (secondary N) is 1. The van der Waals surface area contributed by atoms with E-state index in [9.17, 15) is 8.78 Å². The molecule has 1 aromatic heterocycles. The molecule has 0 spiro atoms. The van der Waals surface area contributed by atoms with Crippen LogP contribution in [0.15, 0.2) is 24.3 Å². The molecule has 1 aliphatic carbocycles.